The Hall–Kier alpha value is -3.28. The second-order valence-corrected chi connectivity index (χ2v) is 7.84. The zero-order chi connectivity index (χ0) is 21.0. The fourth-order valence-corrected chi connectivity index (χ4v) is 4.12. The van der Waals surface area contributed by atoms with Gasteiger partial charge in [0.25, 0.3) is 5.91 Å². The van der Waals surface area contributed by atoms with Crippen molar-refractivity contribution in [3.05, 3.63) is 96.2 Å². The van der Waals surface area contributed by atoms with Crippen molar-refractivity contribution in [2.75, 3.05) is 26.2 Å². The molecule has 162 valence electrons. The molecule has 2 aromatic heterocycles. The van der Waals surface area contributed by atoms with Gasteiger partial charge in [-0.05, 0) is 29.8 Å². The minimum absolute atomic E-state index is 0. The van der Waals surface area contributed by atoms with E-state index in [-0.39, 0.29) is 18.3 Å². The van der Waals surface area contributed by atoms with Gasteiger partial charge in [0.2, 0.25) is 0 Å². The number of halogens is 1. The van der Waals surface area contributed by atoms with E-state index in [1.54, 1.807) is 6.20 Å². The van der Waals surface area contributed by atoms with E-state index in [2.05, 4.69) is 34.1 Å². The van der Waals surface area contributed by atoms with Gasteiger partial charge >= 0.3 is 0 Å². The Labute approximate surface area is 194 Å². The number of pyridine rings is 2. The lowest BCUT2D eigenvalue weighted by Crippen LogP contribution is -2.48. The van der Waals surface area contributed by atoms with E-state index in [0.29, 0.717) is 5.56 Å². The third kappa shape index (κ3) is 4.64. The first-order chi connectivity index (χ1) is 15.3. The van der Waals surface area contributed by atoms with E-state index < -0.39 is 0 Å². The molecule has 3 heterocycles. The van der Waals surface area contributed by atoms with E-state index in [0.717, 1.165) is 55.0 Å². The van der Waals surface area contributed by atoms with Crippen LogP contribution >= 0.6 is 12.4 Å². The van der Waals surface area contributed by atoms with Crippen LogP contribution in [0.3, 0.4) is 0 Å². The van der Waals surface area contributed by atoms with Crippen molar-refractivity contribution in [3.63, 3.8) is 0 Å². The number of carbonyl (C=O) groups excluding carboxylic acids is 1. The molecule has 0 saturated carbocycles. The average molecular weight is 445 g/mol. The number of hydrogen-bond acceptors (Lipinski definition) is 4. The van der Waals surface area contributed by atoms with Crippen LogP contribution in [0.5, 0.6) is 0 Å². The molecule has 1 saturated heterocycles. The maximum absolute atomic E-state index is 13.5. The Balaban J connectivity index is 0.00000245. The minimum Gasteiger partial charge on any atom is -0.336 e. The number of fused-ring (bicyclic) bond motifs is 1. The summed E-state index contributed by atoms with van der Waals surface area (Å²) in [6, 6.07) is 26.0. The van der Waals surface area contributed by atoms with E-state index in [1.807, 2.05) is 59.5 Å². The van der Waals surface area contributed by atoms with Gasteiger partial charge < -0.3 is 4.90 Å². The van der Waals surface area contributed by atoms with Crippen LogP contribution in [0.25, 0.3) is 22.3 Å². The smallest absolute Gasteiger partial charge is 0.254 e. The summed E-state index contributed by atoms with van der Waals surface area (Å²) in [4.78, 5) is 27.1. The van der Waals surface area contributed by atoms with Crippen molar-refractivity contribution in [1.29, 1.82) is 0 Å². The van der Waals surface area contributed by atoms with Crippen molar-refractivity contribution in [2.24, 2.45) is 0 Å². The zero-order valence-corrected chi connectivity index (χ0v) is 18.5. The fourth-order valence-electron chi connectivity index (χ4n) is 4.12. The zero-order valence-electron chi connectivity index (χ0n) is 17.7. The maximum atomic E-state index is 13.5. The highest BCUT2D eigenvalue weighted by molar-refractivity contribution is 6.07. The highest BCUT2D eigenvalue weighted by Crippen LogP contribution is 2.25. The quantitative estimate of drug-likeness (QED) is 0.458. The Kier molecular flexibility index (Phi) is 6.78. The Bertz CT molecular complexity index is 1190. The molecule has 0 radical (unpaired) electrons. The fraction of sp³-hybridized carbons (Fsp3) is 0.192. The van der Waals surface area contributed by atoms with Crippen LogP contribution in [0, 0.1) is 0 Å². The number of piperazine rings is 1. The third-order valence-corrected chi connectivity index (χ3v) is 5.78. The van der Waals surface area contributed by atoms with Gasteiger partial charge in [-0.25, -0.2) is 4.98 Å². The number of aromatic nitrogens is 2. The van der Waals surface area contributed by atoms with Crippen molar-refractivity contribution in [3.8, 4) is 11.4 Å². The predicted molar refractivity (Wildman–Crippen MR) is 130 cm³/mol. The Morgan fingerprint density at radius 1 is 0.812 bits per heavy atom. The molecule has 1 fully saturated rings. The van der Waals surface area contributed by atoms with Crippen LogP contribution in [-0.2, 0) is 6.54 Å². The van der Waals surface area contributed by atoms with Crippen LogP contribution in [0.1, 0.15) is 15.9 Å². The highest BCUT2D eigenvalue weighted by atomic mass is 35.5. The molecule has 0 N–H and O–H groups in total. The first kappa shape index (κ1) is 21.9. The average Bonchev–Trinajstić information content (AvgIpc) is 2.84. The summed E-state index contributed by atoms with van der Waals surface area (Å²) < 4.78 is 0. The highest BCUT2D eigenvalue weighted by Gasteiger charge is 2.24. The topological polar surface area (TPSA) is 49.3 Å². The number of para-hydroxylation sites is 1. The van der Waals surface area contributed by atoms with Crippen LogP contribution in [0.15, 0.2) is 85.1 Å². The molecule has 6 heteroatoms. The number of benzene rings is 2. The second kappa shape index (κ2) is 9.90. The molecule has 2 aromatic carbocycles. The number of carbonyl (C=O) groups is 1. The Morgan fingerprint density at radius 3 is 2.28 bits per heavy atom. The van der Waals surface area contributed by atoms with Gasteiger partial charge in [-0.15, -0.1) is 12.4 Å². The molecule has 1 aliphatic heterocycles. The van der Waals surface area contributed by atoms with Gasteiger partial charge in [-0.2, -0.15) is 0 Å². The molecular formula is C26H25ClN4O. The number of amides is 1. The summed E-state index contributed by atoms with van der Waals surface area (Å²) in [7, 11) is 0. The molecule has 0 bridgehead atoms. The monoisotopic (exact) mass is 444 g/mol. The van der Waals surface area contributed by atoms with Crippen LogP contribution < -0.4 is 0 Å². The summed E-state index contributed by atoms with van der Waals surface area (Å²) in [5.41, 5.74) is 4.32. The standard InChI is InChI=1S/C26H24N4O.ClH/c31-26(30-16-14-29(15-17-30)19-20-8-2-1-3-9-20)22-18-25(24-12-6-7-13-27-24)28-23-11-5-4-10-21(22)23;/h1-13,18H,14-17,19H2;1H. The predicted octanol–water partition coefficient (Wildman–Crippen LogP) is 4.68. The summed E-state index contributed by atoms with van der Waals surface area (Å²) in [6.07, 6.45) is 1.75. The normalized spacial score (nSPS) is 14.2. The second-order valence-electron chi connectivity index (χ2n) is 7.84. The SMILES string of the molecule is Cl.O=C(c1cc(-c2ccccn2)nc2ccccc12)N1CCN(Cc2ccccc2)CC1. The van der Waals surface area contributed by atoms with Gasteiger partial charge in [0.1, 0.15) is 0 Å². The van der Waals surface area contributed by atoms with Crippen molar-refractivity contribution >= 4 is 29.2 Å². The minimum atomic E-state index is 0. The summed E-state index contributed by atoms with van der Waals surface area (Å²) >= 11 is 0. The van der Waals surface area contributed by atoms with E-state index >= 15 is 0 Å². The van der Waals surface area contributed by atoms with Gasteiger partial charge in [-0.1, -0.05) is 54.6 Å². The summed E-state index contributed by atoms with van der Waals surface area (Å²) in [5.74, 6) is 0.0649. The van der Waals surface area contributed by atoms with Crippen LogP contribution in [-0.4, -0.2) is 51.9 Å². The van der Waals surface area contributed by atoms with Crippen molar-refractivity contribution in [1.82, 2.24) is 19.8 Å². The molecular weight excluding hydrogens is 420 g/mol. The van der Waals surface area contributed by atoms with Crippen molar-refractivity contribution in [2.45, 2.75) is 6.54 Å². The molecule has 0 unspecified atom stereocenters. The first-order valence-corrected chi connectivity index (χ1v) is 10.6. The lowest BCUT2D eigenvalue weighted by molar-refractivity contribution is 0.0630. The number of nitrogens with zero attached hydrogens (tertiary/aromatic N) is 4. The molecule has 5 rings (SSSR count). The van der Waals surface area contributed by atoms with E-state index in [9.17, 15) is 4.79 Å². The summed E-state index contributed by atoms with van der Waals surface area (Å²) in [5, 5.41) is 0.888. The molecule has 0 spiro atoms. The van der Waals surface area contributed by atoms with E-state index in [4.69, 9.17) is 4.98 Å². The van der Waals surface area contributed by atoms with Crippen LogP contribution in [0.4, 0.5) is 0 Å². The van der Waals surface area contributed by atoms with E-state index in [1.165, 1.54) is 5.56 Å². The van der Waals surface area contributed by atoms with Gasteiger partial charge in [0, 0.05) is 44.3 Å². The van der Waals surface area contributed by atoms with Gasteiger partial charge in [-0.3, -0.25) is 14.7 Å². The molecule has 1 aliphatic rings. The van der Waals surface area contributed by atoms with Gasteiger partial charge in [0.05, 0.1) is 22.5 Å². The molecule has 0 aliphatic carbocycles. The largest absolute Gasteiger partial charge is 0.336 e. The number of rotatable bonds is 4. The number of hydrogen-bond donors (Lipinski definition) is 0. The summed E-state index contributed by atoms with van der Waals surface area (Å²) in [6.45, 7) is 4.11. The molecule has 1 amide bonds. The molecule has 0 atom stereocenters. The molecule has 4 aromatic rings. The lowest BCUT2D eigenvalue weighted by atomic mass is 10.0. The van der Waals surface area contributed by atoms with Crippen LogP contribution in [0.2, 0.25) is 0 Å². The van der Waals surface area contributed by atoms with Crippen molar-refractivity contribution < 1.29 is 4.79 Å². The molecule has 5 nitrogen and oxygen atoms in total. The van der Waals surface area contributed by atoms with Gasteiger partial charge in [0.15, 0.2) is 0 Å². The maximum Gasteiger partial charge on any atom is 0.254 e. The first-order valence-electron chi connectivity index (χ1n) is 10.6. The Morgan fingerprint density at radius 2 is 1.53 bits per heavy atom. The molecule has 32 heavy (non-hydrogen) atoms. The third-order valence-electron chi connectivity index (χ3n) is 5.78. The lowest BCUT2D eigenvalue weighted by Gasteiger charge is -2.35.